The fourth-order valence-corrected chi connectivity index (χ4v) is 4.16. The van der Waals surface area contributed by atoms with Gasteiger partial charge >= 0.3 is 0 Å². The molecule has 5 heteroatoms. The predicted molar refractivity (Wildman–Crippen MR) is 99.0 cm³/mol. The van der Waals surface area contributed by atoms with E-state index in [9.17, 15) is 4.79 Å². The fraction of sp³-hybridized carbons (Fsp3) is 0.474. The molecule has 0 bridgehead atoms. The van der Waals surface area contributed by atoms with Crippen molar-refractivity contribution in [1.29, 1.82) is 0 Å². The van der Waals surface area contributed by atoms with E-state index in [1.165, 1.54) is 43.5 Å². The Kier molecular flexibility index (Phi) is 5.51. The minimum Gasteiger partial charge on any atom is -0.346 e. The second-order valence-corrected chi connectivity index (χ2v) is 7.44. The van der Waals surface area contributed by atoms with E-state index in [4.69, 9.17) is 0 Å². The van der Waals surface area contributed by atoms with Gasteiger partial charge in [0.25, 0.3) is 0 Å². The number of amides is 1. The Morgan fingerprint density at radius 1 is 1.38 bits per heavy atom. The van der Waals surface area contributed by atoms with E-state index < -0.39 is 0 Å². The molecule has 0 atom stereocenters. The SMILES string of the molecule is Cc1cc(/C=C\C(=O)NCc2nccs2)c(C)n1C1CCCCC1. The molecule has 1 N–H and O–H groups in total. The molecule has 0 unspecified atom stereocenters. The molecule has 0 saturated heterocycles. The van der Waals surface area contributed by atoms with Crippen LogP contribution in [0.15, 0.2) is 23.7 Å². The number of thiazole rings is 1. The Hall–Kier alpha value is -1.88. The van der Waals surface area contributed by atoms with Crippen LogP contribution in [0.2, 0.25) is 0 Å². The van der Waals surface area contributed by atoms with Crippen LogP contribution in [0.4, 0.5) is 0 Å². The number of rotatable bonds is 5. The highest BCUT2D eigenvalue weighted by Gasteiger charge is 2.19. The van der Waals surface area contributed by atoms with Gasteiger partial charge in [0.1, 0.15) is 5.01 Å². The molecule has 1 fully saturated rings. The summed E-state index contributed by atoms with van der Waals surface area (Å²) in [6.07, 6.45) is 11.9. The molecule has 1 aliphatic carbocycles. The summed E-state index contributed by atoms with van der Waals surface area (Å²) in [5, 5.41) is 5.71. The minimum atomic E-state index is -0.0762. The summed E-state index contributed by atoms with van der Waals surface area (Å²) in [5.74, 6) is -0.0762. The van der Waals surface area contributed by atoms with Gasteiger partial charge in [-0.3, -0.25) is 4.79 Å². The maximum atomic E-state index is 12.0. The molecule has 0 aromatic carbocycles. The van der Waals surface area contributed by atoms with Crippen molar-refractivity contribution in [1.82, 2.24) is 14.9 Å². The highest BCUT2D eigenvalue weighted by molar-refractivity contribution is 7.09. The van der Waals surface area contributed by atoms with Gasteiger partial charge in [0.2, 0.25) is 5.91 Å². The van der Waals surface area contributed by atoms with Crippen molar-refractivity contribution in [3.8, 4) is 0 Å². The van der Waals surface area contributed by atoms with Gasteiger partial charge < -0.3 is 9.88 Å². The largest absolute Gasteiger partial charge is 0.346 e. The van der Waals surface area contributed by atoms with Gasteiger partial charge in [-0.1, -0.05) is 19.3 Å². The van der Waals surface area contributed by atoms with Gasteiger partial charge in [-0.25, -0.2) is 4.98 Å². The Morgan fingerprint density at radius 2 is 2.17 bits per heavy atom. The quantitative estimate of drug-likeness (QED) is 0.818. The number of carbonyl (C=O) groups excluding carboxylic acids is 1. The normalized spacial score (nSPS) is 15.9. The molecular formula is C19H25N3OS. The van der Waals surface area contributed by atoms with E-state index >= 15 is 0 Å². The lowest BCUT2D eigenvalue weighted by molar-refractivity contribution is -0.116. The van der Waals surface area contributed by atoms with E-state index in [-0.39, 0.29) is 5.91 Å². The van der Waals surface area contributed by atoms with E-state index in [1.807, 2.05) is 11.5 Å². The summed E-state index contributed by atoms with van der Waals surface area (Å²) in [6, 6.07) is 2.81. The van der Waals surface area contributed by atoms with Crippen molar-refractivity contribution in [2.24, 2.45) is 0 Å². The molecule has 0 radical (unpaired) electrons. The topological polar surface area (TPSA) is 46.9 Å². The summed E-state index contributed by atoms with van der Waals surface area (Å²) >= 11 is 1.55. The van der Waals surface area contributed by atoms with Gasteiger partial charge in [-0.05, 0) is 44.4 Å². The number of hydrogen-bond acceptors (Lipinski definition) is 3. The maximum absolute atomic E-state index is 12.0. The lowest BCUT2D eigenvalue weighted by atomic mass is 9.95. The number of nitrogens with zero attached hydrogens (tertiary/aromatic N) is 2. The minimum absolute atomic E-state index is 0.0762. The van der Waals surface area contributed by atoms with Crippen molar-refractivity contribution in [3.05, 3.63) is 45.7 Å². The third-order valence-electron chi connectivity index (χ3n) is 4.77. The van der Waals surface area contributed by atoms with E-state index in [0.717, 1.165) is 10.6 Å². The lowest BCUT2D eigenvalue weighted by Crippen LogP contribution is -2.20. The van der Waals surface area contributed by atoms with Crippen LogP contribution in [0.3, 0.4) is 0 Å². The van der Waals surface area contributed by atoms with Crippen molar-refractivity contribution >= 4 is 23.3 Å². The molecule has 4 nitrogen and oxygen atoms in total. The van der Waals surface area contributed by atoms with E-state index in [1.54, 1.807) is 23.6 Å². The first-order valence-corrected chi connectivity index (χ1v) is 9.56. The summed E-state index contributed by atoms with van der Waals surface area (Å²) in [4.78, 5) is 16.2. The average Bonchev–Trinajstić information content (AvgIpc) is 3.20. The summed E-state index contributed by atoms with van der Waals surface area (Å²) in [6.45, 7) is 4.82. The van der Waals surface area contributed by atoms with Crippen molar-refractivity contribution < 1.29 is 4.79 Å². The van der Waals surface area contributed by atoms with Gasteiger partial charge in [0.05, 0.1) is 6.54 Å². The van der Waals surface area contributed by atoms with Crippen LogP contribution < -0.4 is 5.32 Å². The second-order valence-electron chi connectivity index (χ2n) is 6.47. The molecule has 128 valence electrons. The third-order valence-corrected chi connectivity index (χ3v) is 5.55. The number of aryl methyl sites for hydroxylation is 1. The molecule has 1 amide bonds. The Labute approximate surface area is 147 Å². The van der Waals surface area contributed by atoms with Crippen LogP contribution >= 0.6 is 11.3 Å². The molecule has 2 aromatic heterocycles. The molecule has 0 aliphatic heterocycles. The molecule has 1 saturated carbocycles. The molecule has 3 rings (SSSR count). The fourth-order valence-electron chi connectivity index (χ4n) is 3.60. The standard InChI is InChI=1S/C19H25N3OS/c1-14-12-16(15(2)22(14)17-6-4-3-5-7-17)8-9-18(23)21-13-19-20-10-11-24-19/h8-12,17H,3-7,13H2,1-2H3,(H,21,23)/b9-8-. The molecule has 24 heavy (non-hydrogen) atoms. The highest BCUT2D eigenvalue weighted by Crippen LogP contribution is 2.32. The Morgan fingerprint density at radius 3 is 2.88 bits per heavy atom. The highest BCUT2D eigenvalue weighted by atomic mass is 32.1. The van der Waals surface area contributed by atoms with Crippen LogP contribution in [-0.2, 0) is 11.3 Å². The first-order valence-electron chi connectivity index (χ1n) is 8.68. The zero-order valence-corrected chi connectivity index (χ0v) is 15.2. The molecule has 0 spiro atoms. The second kappa shape index (κ2) is 7.79. The van der Waals surface area contributed by atoms with Crippen LogP contribution in [0, 0.1) is 13.8 Å². The summed E-state index contributed by atoms with van der Waals surface area (Å²) in [5.41, 5.74) is 3.70. The number of nitrogens with one attached hydrogen (secondary N) is 1. The van der Waals surface area contributed by atoms with E-state index in [2.05, 4.69) is 34.8 Å². The maximum Gasteiger partial charge on any atom is 0.244 e. The monoisotopic (exact) mass is 343 g/mol. The van der Waals surface area contributed by atoms with Crippen molar-refractivity contribution in [2.75, 3.05) is 0 Å². The van der Waals surface area contributed by atoms with Gasteiger partial charge in [0.15, 0.2) is 0 Å². The van der Waals surface area contributed by atoms with Gasteiger partial charge in [0, 0.05) is 35.1 Å². The zero-order chi connectivity index (χ0) is 16.9. The molecular weight excluding hydrogens is 318 g/mol. The summed E-state index contributed by atoms with van der Waals surface area (Å²) in [7, 11) is 0. The van der Waals surface area contributed by atoms with Crippen LogP contribution in [-0.4, -0.2) is 15.5 Å². The van der Waals surface area contributed by atoms with Crippen molar-refractivity contribution in [3.63, 3.8) is 0 Å². The Bertz CT molecular complexity index is 709. The van der Waals surface area contributed by atoms with E-state index in [0.29, 0.717) is 12.6 Å². The third kappa shape index (κ3) is 3.96. The first kappa shape index (κ1) is 17.0. The molecule has 2 aromatic rings. The van der Waals surface area contributed by atoms with Crippen molar-refractivity contribution in [2.45, 2.75) is 58.5 Å². The molecule has 1 aliphatic rings. The van der Waals surface area contributed by atoms with Crippen LogP contribution in [0.1, 0.15) is 60.1 Å². The number of carbonyl (C=O) groups is 1. The smallest absolute Gasteiger partial charge is 0.244 e. The van der Waals surface area contributed by atoms with Gasteiger partial charge in [-0.2, -0.15) is 0 Å². The average molecular weight is 343 g/mol. The van der Waals surface area contributed by atoms with Crippen LogP contribution in [0.5, 0.6) is 0 Å². The number of aromatic nitrogens is 2. The first-order chi connectivity index (χ1) is 11.6. The molecule has 2 heterocycles. The predicted octanol–water partition coefficient (Wildman–Crippen LogP) is 4.40. The lowest BCUT2D eigenvalue weighted by Gasteiger charge is -2.26. The van der Waals surface area contributed by atoms with Crippen LogP contribution in [0.25, 0.3) is 6.08 Å². The number of hydrogen-bond donors (Lipinski definition) is 1. The zero-order valence-electron chi connectivity index (χ0n) is 14.4. The van der Waals surface area contributed by atoms with Gasteiger partial charge in [-0.15, -0.1) is 11.3 Å². The Balaban J connectivity index is 1.65. The summed E-state index contributed by atoms with van der Waals surface area (Å²) < 4.78 is 2.46.